The number of primary amides is 1. The molecule has 2 aromatic carbocycles. The number of carbonyl (C=O) groups is 1. The molecule has 0 fully saturated rings. The van der Waals surface area contributed by atoms with E-state index in [-0.39, 0.29) is 0 Å². The first-order valence-electron chi connectivity index (χ1n) is 5.50. The third kappa shape index (κ3) is 2.84. The summed E-state index contributed by atoms with van der Waals surface area (Å²) < 4.78 is 0. The van der Waals surface area contributed by atoms with Crippen LogP contribution in [-0.2, 0) is 0 Å². The predicted octanol–water partition coefficient (Wildman–Crippen LogP) is 2.83. The fourth-order valence-corrected chi connectivity index (χ4v) is 2.56. The van der Waals surface area contributed by atoms with E-state index in [1.165, 1.54) is 5.56 Å². The molecule has 0 aliphatic heterocycles. The van der Waals surface area contributed by atoms with E-state index in [4.69, 9.17) is 11.5 Å². The Morgan fingerprint density at radius 1 is 1.17 bits per heavy atom. The Bertz CT molecular complexity index is 596. The quantitative estimate of drug-likeness (QED) is 0.832. The number of anilines is 1. The molecule has 0 bridgehead atoms. The number of benzene rings is 2. The smallest absolute Gasteiger partial charge is 0.248 e. The van der Waals surface area contributed by atoms with Crippen molar-refractivity contribution in [2.45, 2.75) is 16.7 Å². The largest absolute Gasteiger partial charge is 0.398 e. The van der Waals surface area contributed by atoms with Crippen LogP contribution in [0.2, 0.25) is 0 Å². The predicted molar refractivity (Wildman–Crippen MR) is 74.7 cm³/mol. The molecule has 0 aliphatic carbocycles. The van der Waals surface area contributed by atoms with Crippen molar-refractivity contribution < 1.29 is 4.79 Å². The van der Waals surface area contributed by atoms with Gasteiger partial charge in [-0.1, -0.05) is 29.5 Å². The van der Waals surface area contributed by atoms with Crippen LogP contribution >= 0.6 is 11.8 Å². The lowest BCUT2D eigenvalue weighted by Gasteiger charge is -2.07. The normalized spacial score (nSPS) is 10.3. The minimum atomic E-state index is -0.464. The molecule has 0 aliphatic rings. The number of aryl methyl sites for hydroxylation is 1. The summed E-state index contributed by atoms with van der Waals surface area (Å²) in [6.45, 7) is 2.05. The fourth-order valence-electron chi connectivity index (χ4n) is 1.60. The van der Waals surface area contributed by atoms with Crippen LogP contribution in [0.25, 0.3) is 0 Å². The van der Waals surface area contributed by atoms with Crippen molar-refractivity contribution in [2.24, 2.45) is 5.73 Å². The second-order valence-corrected chi connectivity index (χ2v) is 5.15. The number of hydrogen-bond donors (Lipinski definition) is 2. The maximum atomic E-state index is 11.0. The van der Waals surface area contributed by atoms with Gasteiger partial charge in [-0.3, -0.25) is 4.79 Å². The Hall–Kier alpha value is -1.94. The molecule has 0 saturated carbocycles. The molecule has 18 heavy (non-hydrogen) atoms. The van der Waals surface area contributed by atoms with Crippen LogP contribution in [0.5, 0.6) is 0 Å². The monoisotopic (exact) mass is 258 g/mol. The van der Waals surface area contributed by atoms with E-state index in [2.05, 4.69) is 6.07 Å². The highest BCUT2D eigenvalue weighted by molar-refractivity contribution is 7.99. The summed E-state index contributed by atoms with van der Waals surface area (Å²) in [6.07, 6.45) is 0. The molecule has 2 aromatic rings. The highest BCUT2D eigenvalue weighted by Crippen LogP contribution is 2.32. The SMILES string of the molecule is Cc1cccc(Sc2ccc(C(N)=O)cc2N)c1. The van der Waals surface area contributed by atoms with Gasteiger partial charge in [0.05, 0.1) is 0 Å². The summed E-state index contributed by atoms with van der Waals surface area (Å²) in [6, 6.07) is 13.3. The number of amides is 1. The molecule has 0 radical (unpaired) electrons. The van der Waals surface area contributed by atoms with Gasteiger partial charge in [0.25, 0.3) is 0 Å². The van der Waals surface area contributed by atoms with Crippen LogP contribution in [0.1, 0.15) is 15.9 Å². The maximum absolute atomic E-state index is 11.0. The molecule has 4 N–H and O–H groups in total. The lowest BCUT2D eigenvalue weighted by molar-refractivity contribution is 0.100. The molecule has 92 valence electrons. The second kappa shape index (κ2) is 5.14. The van der Waals surface area contributed by atoms with Crippen LogP contribution in [0, 0.1) is 6.92 Å². The fraction of sp³-hybridized carbons (Fsp3) is 0.0714. The Balaban J connectivity index is 2.27. The van der Waals surface area contributed by atoms with Gasteiger partial charge in [-0.2, -0.15) is 0 Å². The Kier molecular flexibility index (Phi) is 3.58. The van der Waals surface area contributed by atoms with Crippen LogP contribution in [0.3, 0.4) is 0 Å². The zero-order valence-electron chi connectivity index (χ0n) is 10.0. The van der Waals surface area contributed by atoms with Crippen molar-refractivity contribution in [3.05, 3.63) is 53.6 Å². The third-order valence-electron chi connectivity index (χ3n) is 2.51. The van der Waals surface area contributed by atoms with Crippen LogP contribution in [0.15, 0.2) is 52.3 Å². The van der Waals surface area contributed by atoms with Crippen molar-refractivity contribution in [2.75, 3.05) is 5.73 Å². The summed E-state index contributed by atoms with van der Waals surface area (Å²) >= 11 is 1.57. The van der Waals surface area contributed by atoms with Crippen molar-refractivity contribution in [3.63, 3.8) is 0 Å². The minimum Gasteiger partial charge on any atom is -0.398 e. The standard InChI is InChI=1S/C14H14N2OS/c1-9-3-2-4-11(7-9)18-13-6-5-10(14(16)17)8-12(13)15/h2-8H,15H2,1H3,(H2,16,17). The van der Waals surface area contributed by atoms with Crippen molar-refractivity contribution in [1.82, 2.24) is 0 Å². The molecular formula is C14H14N2OS. The molecule has 0 saturated heterocycles. The van der Waals surface area contributed by atoms with E-state index in [1.807, 2.05) is 31.2 Å². The molecule has 0 heterocycles. The molecule has 0 atom stereocenters. The average molecular weight is 258 g/mol. The van der Waals surface area contributed by atoms with Gasteiger partial charge in [0.1, 0.15) is 0 Å². The van der Waals surface area contributed by atoms with E-state index in [1.54, 1.807) is 23.9 Å². The van der Waals surface area contributed by atoms with Gasteiger partial charge in [0.2, 0.25) is 5.91 Å². The Morgan fingerprint density at radius 2 is 1.94 bits per heavy atom. The van der Waals surface area contributed by atoms with Crippen LogP contribution in [-0.4, -0.2) is 5.91 Å². The van der Waals surface area contributed by atoms with Crippen LogP contribution in [0.4, 0.5) is 5.69 Å². The molecule has 3 nitrogen and oxygen atoms in total. The highest BCUT2D eigenvalue weighted by atomic mass is 32.2. The van der Waals surface area contributed by atoms with Gasteiger partial charge < -0.3 is 11.5 Å². The summed E-state index contributed by atoms with van der Waals surface area (Å²) in [4.78, 5) is 13.1. The minimum absolute atomic E-state index is 0.432. The molecular weight excluding hydrogens is 244 g/mol. The number of nitrogen functional groups attached to an aromatic ring is 1. The van der Waals surface area contributed by atoms with E-state index in [0.717, 1.165) is 9.79 Å². The first-order valence-corrected chi connectivity index (χ1v) is 6.32. The van der Waals surface area contributed by atoms with Crippen molar-refractivity contribution in [1.29, 1.82) is 0 Å². The highest BCUT2D eigenvalue weighted by Gasteiger charge is 2.06. The first-order chi connectivity index (χ1) is 8.56. The molecule has 2 rings (SSSR count). The van der Waals surface area contributed by atoms with Crippen molar-refractivity contribution >= 4 is 23.4 Å². The summed E-state index contributed by atoms with van der Waals surface area (Å²) in [5.74, 6) is -0.464. The topological polar surface area (TPSA) is 69.1 Å². The molecule has 4 heteroatoms. The average Bonchev–Trinajstić information content (AvgIpc) is 2.31. The molecule has 0 aromatic heterocycles. The molecule has 0 unspecified atom stereocenters. The van der Waals surface area contributed by atoms with E-state index >= 15 is 0 Å². The van der Waals surface area contributed by atoms with Crippen molar-refractivity contribution in [3.8, 4) is 0 Å². The first kappa shape index (κ1) is 12.5. The summed E-state index contributed by atoms with van der Waals surface area (Å²) in [5, 5.41) is 0. The van der Waals surface area contributed by atoms with Gasteiger partial charge in [-0.15, -0.1) is 0 Å². The van der Waals surface area contributed by atoms with Gasteiger partial charge in [0, 0.05) is 21.0 Å². The Labute approximate surface area is 110 Å². The van der Waals surface area contributed by atoms with Gasteiger partial charge in [-0.05, 0) is 37.3 Å². The number of hydrogen-bond acceptors (Lipinski definition) is 3. The summed E-state index contributed by atoms with van der Waals surface area (Å²) in [7, 11) is 0. The zero-order chi connectivity index (χ0) is 13.1. The lowest BCUT2D eigenvalue weighted by atomic mass is 10.2. The second-order valence-electron chi connectivity index (χ2n) is 4.04. The van der Waals surface area contributed by atoms with E-state index in [0.29, 0.717) is 11.3 Å². The zero-order valence-corrected chi connectivity index (χ0v) is 10.8. The summed E-state index contributed by atoms with van der Waals surface area (Å²) in [5.41, 5.74) is 13.3. The maximum Gasteiger partial charge on any atom is 0.248 e. The number of carbonyl (C=O) groups excluding carboxylic acids is 1. The van der Waals surface area contributed by atoms with Gasteiger partial charge in [0.15, 0.2) is 0 Å². The third-order valence-corrected chi connectivity index (χ3v) is 3.59. The Morgan fingerprint density at radius 3 is 2.56 bits per heavy atom. The molecule has 0 spiro atoms. The van der Waals surface area contributed by atoms with E-state index < -0.39 is 5.91 Å². The van der Waals surface area contributed by atoms with Gasteiger partial charge >= 0.3 is 0 Å². The van der Waals surface area contributed by atoms with Gasteiger partial charge in [-0.25, -0.2) is 0 Å². The lowest BCUT2D eigenvalue weighted by Crippen LogP contribution is -2.11. The van der Waals surface area contributed by atoms with Crippen LogP contribution < -0.4 is 11.5 Å². The molecule has 1 amide bonds. The van der Waals surface area contributed by atoms with E-state index in [9.17, 15) is 4.79 Å². The number of nitrogens with two attached hydrogens (primary N) is 2. The number of rotatable bonds is 3.